The van der Waals surface area contributed by atoms with Gasteiger partial charge in [-0.3, -0.25) is 9.59 Å². The van der Waals surface area contributed by atoms with Crippen LogP contribution in [-0.2, 0) is 15.0 Å². The molecule has 0 spiro atoms. The Morgan fingerprint density at radius 2 is 1.36 bits per heavy atom. The molecule has 0 atom stereocenters. The first-order chi connectivity index (χ1) is 10.4. The first kappa shape index (κ1) is 15.6. The van der Waals surface area contributed by atoms with E-state index < -0.39 is 29.3 Å². The van der Waals surface area contributed by atoms with E-state index in [4.69, 9.17) is 0 Å². The van der Waals surface area contributed by atoms with Crippen molar-refractivity contribution in [1.82, 2.24) is 0 Å². The summed E-state index contributed by atoms with van der Waals surface area (Å²) in [5.41, 5.74) is -3.15. The maximum atomic E-state index is 13.5. The van der Waals surface area contributed by atoms with Crippen LogP contribution in [0.5, 0.6) is 0 Å². The third kappa shape index (κ3) is 2.32. The number of aliphatic carboxylic acids is 2. The quantitative estimate of drug-likeness (QED) is 0.833. The number of benzene rings is 2. The smallest absolute Gasteiger partial charge is 0.331 e. The minimum Gasteiger partial charge on any atom is -0.480 e. The van der Waals surface area contributed by atoms with Gasteiger partial charge in [0, 0.05) is 0 Å². The van der Waals surface area contributed by atoms with Crippen molar-refractivity contribution in [2.75, 3.05) is 0 Å². The van der Waals surface area contributed by atoms with Crippen molar-refractivity contribution in [3.8, 4) is 11.1 Å². The second kappa shape index (κ2) is 5.93. The minimum atomic E-state index is -3.60. The van der Waals surface area contributed by atoms with Crippen molar-refractivity contribution in [2.24, 2.45) is 0 Å². The van der Waals surface area contributed by atoms with Crippen LogP contribution in [-0.4, -0.2) is 28.6 Å². The Labute approximate surface area is 124 Å². The van der Waals surface area contributed by atoms with Gasteiger partial charge in [-0.2, -0.15) is 0 Å². The highest BCUT2D eigenvalue weighted by atomic mass is 19.3. The largest absolute Gasteiger partial charge is 0.480 e. The van der Waals surface area contributed by atoms with Crippen molar-refractivity contribution in [3.63, 3.8) is 0 Å². The van der Waals surface area contributed by atoms with Gasteiger partial charge in [0.2, 0.25) is 5.41 Å². The van der Waals surface area contributed by atoms with Crippen molar-refractivity contribution >= 4 is 11.9 Å². The van der Waals surface area contributed by atoms with Crippen LogP contribution >= 0.6 is 0 Å². The van der Waals surface area contributed by atoms with Crippen molar-refractivity contribution in [3.05, 3.63) is 60.2 Å². The van der Waals surface area contributed by atoms with Gasteiger partial charge in [0.05, 0.1) is 0 Å². The molecule has 2 N–H and O–H groups in total. The minimum absolute atomic E-state index is 0.146. The fourth-order valence-electron chi connectivity index (χ4n) is 2.32. The molecule has 114 valence electrons. The van der Waals surface area contributed by atoms with Gasteiger partial charge in [-0.05, 0) is 16.7 Å². The summed E-state index contributed by atoms with van der Waals surface area (Å²) < 4.78 is 27.0. The molecule has 2 rings (SSSR count). The molecule has 0 aliphatic heterocycles. The number of halogens is 2. The van der Waals surface area contributed by atoms with Gasteiger partial charge in [0.25, 0.3) is 6.43 Å². The molecule has 2 aromatic rings. The fraction of sp³-hybridized carbons (Fsp3) is 0.125. The summed E-state index contributed by atoms with van der Waals surface area (Å²) in [6.07, 6.45) is -3.60. The maximum absolute atomic E-state index is 13.5. The molecule has 0 aliphatic carbocycles. The molecule has 22 heavy (non-hydrogen) atoms. The van der Waals surface area contributed by atoms with Crippen molar-refractivity contribution in [2.45, 2.75) is 11.8 Å². The number of rotatable bonds is 5. The van der Waals surface area contributed by atoms with Crippen LogP contribution in [0.2, 0.25) is 0 Å². The van der Waals surface area contributed by atoms with Gasteiger partial charge < -0.3 is 10.2 Å². The first-order valence-electron chi connectivity index (χ1n) is 6.32. The van der Waals surface area contributed by atoms with Crippen LogP contribution in [0, 0.1) is 0 Å². The summed E-state index contributed by atoms with van der Waals surface area (Å²) in [5.74, 6) is -4.20. The van der Waals surface area contributed by atoms with Gasteiger partial charge in [-0.1, -0.05) is 54.6 Å². The molecule has 0 unspecified atom stereocenters. The lowest BCUT2D eigenvalue weighted by Gasteiger charge is -2.26. The van der Waals surface area contributed by atoms with E-state index in [9.17, 15) is 28.6 Å². The van der Waals surface area contributed by atoms with Crippen LogP contribution in [0.4, 0.5) is 8.78 Å². The summed E-state index contributed by atoms with van der Waals surface area (Å²) in [4.78, 5) is 22.9. The van der Waals surface area contributed by atoms with E-state index in [1.54, 1.807) is 30.3 Å². The van der Waals surface area contributed by atoms with Crippen LogP contribution in [0.1, 0.15) is 5.56 Å². The van der Waals surface area contributed by atoms with Crippen molar-refractivity contribution < 1.29 is 28.6 Å². The van der Waals surface area contributed by atoms with Gasteiger partial charge in [0.1, 0.15) is 0 Å². The number of carbonyl (C=O) groups is 2. The molecule has 2 aromatic carbocycles. The highest BCUT2D eigenvalue weighted by Gasteiger charge is 2.57. The monoisotopic (exact) mass is 306 g/mol. The standard InChI is InChI=1S/C16H12F2O4/c17-13(18)16(14(19)20,15(21)22)12-9-5-4-8-11(12)10-6-2-1-3-7-10/h1-9,13H,(H,19,20)(H,21,22). The second-order valence-electron chi connectivity index (χ2n) is 4.63. The van der Waals surface area contributed by atoms with E-state index in [0.29, 0.717) is 5.56 Å². The Hall–Kier alpha value is -2.76. The Balaban J connectivity index is 2.80. The van der Waals surface area contributed by atoms with Gasteiger partial charge in [-0.15, -0.1) is 0 Å². The molecule has 0 radical (unpaired) electrons. The Kier molecular flexibility index (Phi) is 4.21. The molecule has 0 saturated carbocycles. The Bertz CT molecular complexity index is 684. The number of carboxylic acid groups (broad SMARTS) is 2. The lowest BCUT2D eigenvalue weighted by atomic mass is 9.77. The summed E-state index contributed by atoms with van der Waals surface area (Å²) >= 11 is 0. The Morgan fingerprint density at radius 1 is 0.864 bits per heavy atom. The lowest BCUT2D eigenvalue weighted by molar-refractivity contribution is -0.166. The third-order valence-electron chi connectivity index (χ3n) is 3.44. The molecule has 0 aliphatic rings. The highest BCUT2D eigenvalue weighted by Crippen LogP contribution is 2.38. The van der Waals surface area contributed by atoms with Gasteiger partial charge in [-0.25, -0.2) is 8.78 Å². The normalized spacial score (nSPS) is 11.4. The lowest BCUT2D eigenvalue weighted by Crippen LogP contribution is -2.50. The van der Waals surface area contributed by atoms with Crippen molar-refractivity contribution in [1.29, 1.82) is 0 Å². The molecule has 6 heteroatoms. The van der Waals surface area contributed by atoms with E-state index in [2.05, 4.69) is 0 Å². The summed E-state index contributed by atoms with van der Waals surface area (Å²) in [6.45, 7) is 0. The predicted octanol–water partition coefficient (Wildman–Crippen LogP) is 3.03. The average molecular weight is 306 g/mol. The molecule has 0 bridgehead atoms. The summed E-state index contributed by atoms with van der Waals surface area (Å²) in [7, 11) is 0. The third-order valence-corrected chi connectivity index (χ3v) is 3.44. The topological polar surface area (TPSA) is 74.6 Å². The number of hydrogen-bond donors (Lipinski definition) is 2. The zero-order chi connectivity index (χ0) is 16.3. The van der Waals surface area contributed by atoms with Gasteiger partial charge in [0.15, 0.2) is 0 Å². The zero-order valence-corrected chi connectivity index (χ0v) is 11.2. The second-order valence-corrected chi connectivity index (χ2v) is 4.63. The van der Waals surface area contributed by atoms with Crippen LogP contribution in [0.25, 0.3) is 11.1 Å². The fourth-order valence-corrected chi connectivity index (χ4v) is 2.32. The molecule has 4 nitrogen and oxygen atoms in total. The van der Waals surface area contributed by atoms with E-state index in [1.807, 2.05) is 0 Å². The van der Waals surface area contributed by atoms with E-state index in [-0.39, 0.29) is 5.56 Å². The summed E-state index contributed by atoms with van der Waals surface area (Å²) in [5, 5.41) is 18.5. The zero-order valence-electron chi connectivity index (χ0n) is 11.2. The number of alkyl halides is 2. The molecule has 0 saturated heterocycles. The molecule has 0 aromatic heterocycles. The SMILES string of the molecule is O=C(O)C(C(=O)O)(c1ccccc1-c1ccccc1)C(F)F. The molecule has 0 heterocycles. The number of hydrogen-bond acceptors (Lipinski definition) is 2. The van der Waals surface area contributed by atoms with Gasteiger partial charge >= 0.3 is 11.9 Å². The van der Waals surface area contributed by atoms with Crippen LogP contribution < -0.4 is 0 Å². The predicted molar refractivity (Wildman–Crippen MR) is 74.8 cm³/mol. The first-order valence-corrected chi connectivity index (χ1v) is 6.32. The summed E-state index contributed by atoms with van der Waals surface area (Å²) in [6, 6.07) is 13.6. The van der Waals surface area contributed by atoms with E-state index in [0.717, 1.165) is 6.07 Å². The van der Waals surface area contributed by atoms with E-state index in [1.165, 1.54) is 18.2 Å². The maximum Gasteiger partial charge on any atom is 0.331 e. The Morgan fingerprint density at radius 3 is 1.86 bits per heavy atom. The highest BCUT2D eigenvalue weighted by molar-refractivity contribution is 6.07. The molecule has 0 amide bonds. The average Bonchev–Trinajstić information content (AvgIpc) is 2.48. The molecular formula is C16H12F2O4. The van der Waals surface area contributed by atoms with Crippen LogP contribution in [0.15, 0.2) is 54.6 Å². The molecular weight excluding hydrogens is 294 g/mol. The van der Waals surface area contributed by atoms with Crippen LogP contribution in [0.3, 0.4) is 0 Å². The number of carboxylic acids is 2. The molecule has 0 fully saturated rings. The van der Waals surface area contributed by atoms with E-state index >= 15 is 0 Å².